The molecule has 0 aromatic heterocycles. The number of ether oxygens (including phenoxy) is 2. The summed E-state index contributed by atoms with van der Waals surface area (Å²) in [7, 11) is -0.722. The van der Waals surface area contributed by atoms with E-state index in [1.807, 2.05) is 0 Å². The summed E-state index contributed by atoms with van der Waals surface area (Å²) in [5.41, 5.74) is 0.636. The minimum atomic E-state index is -3.68. The molecule has 0 aliphatic carbocycles. The number of methoxy groups -OCH3 is 2. The third kappa shape index (κ3) is 4.71. The van der Waals surface area contributed by atoms with Crippen LogP contribution in [0, 0.1) is 0 Å². The maximum atomic E-state index is 13.1. The molecule has 0 radical (unpaired) electrons. The van der Waals surface area contributed by atoms with Crippen molar-refractivity contribution in [2.24, 2.45) is 0 Å². The van der Waals surface area contributed by atoms with Crippen molar-refractivity contribution in [3.63, 3.8) is 0 Å². The van der Waals surface area contributed by atoms with Gasteiger partial charge in [0.2, 0.25) is 10.0 Å². The monoisotopic (exact) mass is 418 g/mol. The zero-order valence-corrected chi connectivity index (χ0v) is 17.5. The highest BCUT2D eigenvalue weighted by Gasteiger charge is 2.27. The summed E-state index contributed by atoms with van der Waals surface area (Å²) >= 11 is 0. The Bertz CT molecular complexity index is 967. The first-order chi connectivity index (χ1) is 14.0. The first-order valence-electron chi connectivity index (χ1n) is 9.60. The second kappa shape index (κ2) is 9.28. The molecule has 1 aliphatic rings. The predicted octanol–water partition coefficient (Wildman–Crippen LogP) is 3.52. The van der Waals surface area contributed by atoms with E-state index in [9.17, 15) is 13.2 Å². The van der Waals surface area contributed by atoms with Crippen LogP contribution >= 0.6 is 0 Å². The topological polar surface area (TPSA) is 84.9 Å². The van der Waals surface area contributed by atoms with E-state index < -0.39 is 15.9 Å². The highest BCUT2D eigenvalue weighted by Crippen LogP contribution is 2.29. The van der Waals surface area contributed by atoms with Crippen molar-refractivity contribution in [2.45, 2.75) is 30.6 Å². The molecule has 0 bridgehead atoms. The van der Waals surface area contributed by atoms with Crippen LogP contribution in [0.25, 0.3) is 0 Å². The van der Waals surface area contributed by atoms with Crippen LogP contribution in [0.15, 0.2) is 47.4 Å². The lowest BCUT2D eigenvalue weighted by Gasteiger charge is -2.21. The zero-order chi connectivity index (χ0) is 20.9. The summed E-state index contributed by atoms with van der Waals surface area (Å²) in [4.78, 5) is 13.0. The molecule has 7 nitrogen and oxygen atoms in total. The quantitative estimate of drug-likeness (QED) is 0.776. The van der Waals surface area contributed by atoms with Crippen LogP contribution in [0.1, 0.15) is 36.0 Å². The Hall–Kier alpha value is -2.58. The molecular formula is C21H26N2O5S. The second-order valence-electron chi connectivity index (χ2n) is 6.83. The second-order valence-corrected chi connectivity index (χ2v) is 8.77. The van der Waals surface area contributed by atoms with Crippen LogP contribution in [-0.4, -0.2) is 45.9 Å². The number of carbonyl (C=O) groups excluding carboxylic acids is 1. The first-order valence-corrected chi connectivity index (χ1v) is 11.0. The highest BCUT2D eigenvalue weighted by molar-refractivity contribution is 7.89. The van der Waals surface area contributed by atoms with E-state index >= 15 is 0 Å². The molecule has 1 fully saturated rings. The van der Waals surface area contributed by atoms with Gasteiger partial charge in [0.25, 0.3) is 5.91 Å². The van der Waals surface area contributed by atoms with Crippen LogP contribution in [0.5, 0.6) is 11.5 Å². The Morgan fingerprint density at radius 3 is 2.24 bits per heavy atom. The Kier molecular flexibility index (Phi) is 6.76. The van der Waals surface area contributed by atoms with E-state index in [2.05, 4.69) is 5.32 Å². The summed E-state index contributed by atoms with van der Waals surface area (Å²) in [6.07, 6.45) is 3.75. The third-order valence-corrected chi connectivity index (χ3v) is 6.87. The van der Waals surface area contributed by atoms with E-state index in [4.69, 9.17) is 9.47 Å². The van der Waals surface area contributed by atoms with Crippen molar-refractivity contribution in [3.05, 3.63) is 48.0 Å². The molecule has 1 saturated heterocycles. The van der Waals surface area contributed by atoms with E-state index in [0.717, 1.165) is 25.7 Å². The maximum Gasteiger partial charge on any atom is 0.259 e. The van der Waals surface area contributed by atoms with Gasteiger partial charge >= 0.3 is 0 Å². The molecule has 29 heavy (non-hydrogen) atoms. The Labute approximate surface area is 171 Å². The minimum absolute atomic E-state index is 0.0883. The summed E-state index contributed by atoms with van der Waals surface area (Å²) in [6.45, 7) is 0.994. The molecule has 2 aromatic rings. The minimum Gasteiger partial charge on any atom is -0.496 e. The van der Waals surface area contributed by atoms with Gasteiger partial charge in [-0.3, -0.25) is 4.79 Å². The van der Waals surface area contributed by atoms with Crippen molar-refractivity contribution in [3.8, 4) is 11.5 Å². The fourth-order valence-corrected chi connectivity index (χ4v) is 4.94. The van der Waals surface area contributed by atoms with E-state index in [-0.39, 0.29) is 10.5 Å². The Morgan fingerprint density at radius 2 is 1.59 bits per heavy atom. The van der Waals surface area contributed by atoms with Crippen LogP contribution in [0.3, 0.4) is 0 Å². The summed E-state index contributed by atoms with van der Waals surface area (Å²) < 4.78 is 38.3. The normalized spacial score (nSPS) is 15.4. The van der Waals surface area contributed by atoms with Gasteiger partial charge in [0.05, 0.1) is 30.4 Å². The number of nitrogens with one attached hydrogen (secondary N) is 1. The maximum absolute atomic E-state index is 13.1. The van der Waals surface area contributed by atoms with E-state index in [1.165, 1.54) is 36.7 Å². The molecule has 3 rings (SSSR count). The number of hydrogen-bond acceptors (Lipinski definition) is 5. The average Bonchev–Trinajstić information content (AvgIpc) is 3.03. The van der Waals surface area contributed by atoms with Crippen LogP contribution in [-0.2, 0) is 10.0 Å². The molecule has 156 valence electrons. The molecule has 2 aromatic carbocycles. The number of amides is 1. The van der Waals surface area contributed by atoms with Crippen molar-refractivity contribution in [1.82, 2.24) is 4.31 Å². The van der Waals surface area contributed by atoms with Gasteiger partial charge in [-0.25, -0.2) is 8.42 Å². The largest absolute Gasteiger partial charge is 0.496 e. The van der Waals surface area contributed by atoms with Gasteiger partial charge in [0, 0.05) is 13.1 Å². The molecule has 8 heteroatoms. The van der Waals surface area contributed by atoms with Gasteiger partial charge in [-0.15, -0.1) is 0 Å². The molecule has 1 amide bonds. The van der Waals surface area contributed by atoms with E-state index in [1.54, 1.807) is 24.3 Å². The Balaban J connectivity index is 1.93. The number of hydrogen-bond donors (Lipinski definition) is 1. The first kappa shape index (κ1) is 21.1. The number of nitrogens with zero attached hydrogens (tertiary/aromatic N) is 1. The number of benzene rings is 2. The van der Waals surface area contributed by atoms with Crippen molar-refractivity contribution in [2.75, 3.05) is 32.6 Å². The molecule has 0 saturated carbocycles. The van der Waals surface area contributed by atoms with Gasteiger partial charge < -0.3 is 14.8 Å². The van der Waals surface area contributed by atoms with Crippen LogP contribution in [0.2, 0.25) is 0 Å². The van der Waals surface area contributed by atoms with Crippen LogP contribution in [0.4, 0.5) is 5.69 Å². The van der Waals surface area contributed by atoms with Crippen molar-refractivity contribution >= 4 is 21.6 Å². The van der Waals surface area contributed by atoms with Crippen molar-refractivity contribution < 1.29 is 22.7 Å². The van der Waals surface area contributed by atoms with Gasteiger partial charge in [-0.1, -0.05) is 25.0 Å². The third-order valence-electron chi connectivity index (χ3n) is 4.97. The zero-order valence-electron chi connectivity index (χ0n) is 16.7. The number of anilines is 1. The van der Waals surface area contributed by atoms with Crippen molar-refractivity contribution in [1.29, 1.82) is 0 Å². The van der Waals surface area contributed by atoms with E-state index in [0.29, 0.717) is 30.3 Å². The SMILES string of the molecule is COc1ccccc1NC(=O)c1cc(S(=O)(=O)N2CCCCCC2)ccc1OC. The smallest absolute Gasteiger partial charge is 0.259 e. The molecule has 1 heterocycles. The average molecular weight is 419 g/mol. The molecule has 0 atom stereocenters. The van der Waals surface area contributed by atoms with Gasteiger partial charge in [0.1, 0.15) is 11.5 Å². The summed E-state index contributed by atoms with van der Waals surface area (Å²) in [5.74, 6) is 0.333. The Morgan fingerprint density at radius 1 is 0.931 bits per heavy atom. The fourth-order valence-electron chi connectivity index (χ4n) is 3.39. The lowest BCUT2D eigenvalue weighted by molar-refractivity contribution is 0.102. The van der Waals surface area contributed by atoms with Gasteiger partial charge in [-0.05, 0) is 43.2 Å². The molecule has 0 unspecified atom stereocenters. The molecule has 0 spiro atoms. The molecule has 1 aliphatic heterocycles. The fraction of sp³-hybridized carbons (Fsp3) is 0.381. The lowest BCUT2D eigenvalue weighted by atomic mass is 10.1. The van der Waals surface area contributed by atoms with Gasteiger partial charge in [-0.2, -0.15) is 4.31 Å². The van der Waals surface area contributed by atoms with Gasteiger partial charge in [0.15, 0.2) is 0 Å². The highest BCUT2D eigenvalue weighted by atomic mass is 32.2. The predicted molar refractivity (Wildman–Crippen MR) is 111 cm³/mol. The molecular weight excluding hydrogens is 392 g/mol. The molecule has 1 N–H and O–H groups in total. The van der Waals surface area contributed by atoms with Crippen LogP contribution < -0.4 is 14.8 Å². The lowest BCUT2D eigenvalue weighted by Crippen LogP contribution is -2.32. The standard InChI is InChI=1S/C21H26N2O5S/c1-27-19-12-11-16(29(25,26)23-13-7-3-4-8-14-23)15-17(19)21(24)22-18-9-5-6-10-20(18)28-2/h5-6,9-12,15H,3-4,7-8,13-14H2,1-2H3,(H,22,24). The number of carbonyl (C=O) groups is 1. The summed E-state index contributed by atoms with van der Waals surface area (Å²) in [6, 6.07) is 11.4. The summed E-state index contributed by atoms with van der Waals surface area (Å²) in [5, 5.41) is 2.77. The number of para-hydroxylation sites is 2. The number of sulfonamides is 1. The number of rotatable bonds is 6.